The zero-order chi connectivity index (χ0) is 10.4. The van der Waals surface area contributed by atoms with Gasteiger partial charge in [0.2, 0.25) is 0 Å². The molecule has 78 valence electrons. The first-order valence-corrected chi connectivity index (χ1v) is 5.57. The van der Waals surface area contributed by atoms with Gasteiger partial charge in [0.1, 0.15) is 0 Å². The SMILES string of the molecule is OCCCCC(O)c1ccc(Br)cc1. The van der Waals surface area contributed by atoms with Gasteiger partial charge < -0.3 is 10.2 Å². The van der Waals surface area contributed by atoms with Crippen LogP contribution in [-0.2, 0) is 0 Å². The van der Waals surface area contributed by atoms with Crippen LogP contribution in [0.3, 0.4) is 0 Å². The van der Waals surface area contributed by atoms with E-state index in [4.69, 9.17) is 5.11 Å². The van der Waals surface area contributed by atoms with Gasteiger partial charge in [0.05, 0.1) is 6.10 Å². The molecule has 0 heterocycles. The smallest absolute Gasteiger partial charge is 0.0790 e. The van der Waals surface area contributed by atoms with Gasteiger partial charge in [0, 0.05) is 11.1 Å². The molecule has 0 radical (unpaired) electrons. The molecule has 0 aliphatic heterocycles. The highest BCUT2D eigenvalue weighted by Crippen LogP contribution is 2.20. The molecule has 1 atom stereocenters. The van der Waals surface area contributed by atoms with Gasteiger partial charge in [0.25, 0.3) is 0 Å². The minimum Gasteiger partial charge on any atom is -0.396 e. The first-order valence-electron chi connectivity index (χ1n) is 4.78. The molecule has 1 aromatic rings. The highest BCUT2D eigenvalue weighted by molar-refractivity contribution is 9.10. The number of aliphatic hydroxyl groups is 2. The number of benzene rings is 1. The van der Waals surface area contributed by atoms with E-state index in [2.05, 4.69) is 15.9 Å². The van der Waals surface area contributed by atoms with E-state index in [0.717, 1.165) is 22.9 Å². The summed E-state index contributed by atoms with van der Waals surface area (Å²) in [6.07, 6.45) is 1.92. The molecule has 0 bridgehead atoms. The van der Waals surface area contributed by atoms with Crippen LogP contribution in [0, 0.1) is 0 Å². The molecule has 2 nitrogen and oxygen atoms in total. The molecular weight excluding hydrogens is 244 g/mol. The Morgan fingerprint density at radius 3 is 2.36 bits per heavy atom. The second kappa shape index (κ2) is 6.17. The van der Waals surface area contributed by atoms with E-state index < -0.39 is 6.10 Å². The lowest BCUT2D eigenvalue weighted by atomic mass is 10.0. The average Bonchev–Trinajstić information content (AvgIpc) is 2.19. The molecule has 0 aliphatic rings. The summed E-state index contributed by atoms with van der Waals surface area (Å²) in [6, 6.07) is 7.66. The lowest BCUT2D eigenvalue weighted by molar-refractivity contribution is 0.159. The highest BCUT2D eigenvalue weighted by Gasteiger charge is 2.06. The monoisotopic (exact) mass is 258 g/mol. The van der Waals surface area contributed by atoms with Crippen LogP contribution in [0.1, 0.15) is 30.9 Å². The first-order chi connectivity index (χ1) is 6.74. The average molecular weight is 259 g/mol. The number of rotatable bonds is 5. The fourth-order valence-corrected chi connectivity index (χ4v) is 1.57. The molecule has 0 saturated carbocycles. The van der Waals surface area contributed by atoms with Gasteiger partial charge in [-0.15, -0.1) is 0 Å². The van der Waals surface area contributed by atoms with Crippen molar-refractivity contribution in [2.45, 2.75) is 25.4 Å². The lowest BCUT2D eigenvalue weighted by Gasteiger charge is -2.10. The van der Waals surface area contributed by atoms with Crippen molar-refractivity contribution in [3.8, 4) is 0 Å². The molecule has 0 aliphatic carbocycles. The Bertz CT molecular complexity index is 258. The quantitative estimate of drug-likeness (QED) is 0.798. The molecule has 3 heteroatoms. The highest BCUT2D eigenvalue weighted by atomic mass is 79.9. The van der Waals surface area contributed by atoms with Crippen molar-refractivity contribution in [1.82, 2.24) is 0 Å². The van der Waals surface area contributed by atoms with Crippen LogP contribution in [0.25, 0.3) is 0 Å². The number of hydrogen-bond donors (Lipinski definition) is 2. The maximum Gasteiger partial charge on any atom is 0.0790 e. The van der Waals surface area contributed by atoms with Gasteiger partial charge in [-0.3, -0.25) is 0 Å². The number of aliphatic hydroxyl groups excluding tert-OH is 2. The van der Waals surface area contributed by atoms with Crippen LogP contribution in [-0.4, -0.2) is 16.8 Å². The molecule has 1 unspecified atom stereocenters. The molecule has 1 aromatic carbocycles. The number of halogens is 1. The summed E-state index contributed by atoms with van der Waals surface area (Å²) in [6.45, 7) is 0.201. The Balaban J connectivity index is 2.43. The van der Waals surface area contributed by atoms with Crippen molar-refractivity contribution in [3.05, 3.63) is 34.3 Å². The van der Waals surface area contributed by atoms with E-state index in [1.54, 1.807) is 0 Å². The summed E-state index contributed by atoms with van der Waals surface area (Å²) in [5, 5.41) is 18.3. The summed E-state index contributed by atoms with van der Waals surface area (Å²) in [4.78, 5) is 0. The van der Waals surface area contributed by atoms with Crippen molar-refractivity contribution in [3.63, 3.8) is 0 Å². The normalized spacial score (nSPS) is 12.8. The van der Waals surface area contributed by atoms with Crippen molar-refractivity contribution in [1.29, 1.82) is 0 Å². The molecule has 14 heavy (non-hydrogen) atoms. The van der Waals surface area contributed by atoms with Crippen molar-refractivity contribution < 1.29 is 10.2 Å². The minimum absolute atomic E-state index is 0.201. The number of unbranched alkanes of at least 4 members (excludes halogenated alkanes) is 1. The van der Waals surface area contributed by atoms with E-state index in [0.29, 0.717) is 6.42 Å². The van der Waals surface area contributed by atoms with Crippen molar-refractivity contribution >= 4 is 15.9 Å². The Morgan fingerprint density at radius 1 is 1.14 bits per heavy atom. The summed E-state index contributed by atoms with van der Waals surface area (Å²) in [5.41, 5.74) is 0.936. The van der Waals surface area contributed by atoms with Gasteiger partial charge in [-0.05, 0) is 37.0 Å². The molecule has 0 spiro atoms. The lowest BCUT2D eigenvalue weighted by Crippen LogP contribution is -1.97. The fraction of sp³-hybridized carbons (Fsp3) is 0.455. The topological polar surface area (TPSA) is 40.5 Å². The molecule has 0 amide bonds. The number of hydrogen-bond acceptors (Lipinski definition) is 2. The second-order valence-corrected chi connectivity index (χ2v) is 4.20. The van der Waals surface area contributed by atoms with Gasteiger partial charge in [-0.25, -0.2) is 0 Å². The van der Waals surface area contributed by atoms with Crippen LogP contribution in [0.2, 0.25) is 0 Å². The summed E-state index contributed by atoms with van der Waals surface area (Å²) in [5.74, 6) is 0. The molecule has 0 fully saturated rings. The van der Waals surface area contributed by atoms with Crippen molar-refractivity contribution in [2.75, 3.05) is 6.61 Å². The standard InChI is InChI=1S/C11H15BrO2/c12-10-6-4-9(5-7-10)11(14)3-1-2-8-13/h4-7,11,13-14H,1-3,8H2. The Hall–Kier alpha value is -0.380. The molecule has 1 rings (SSSR count). The Morgan fingerprint density at radius 2 is 1.79 bits per heavy atom. The van der Waals surface area contributed by atoms with Crippen LogP contribution in [0.15, 0.2) is 28.7 Å². The van der Waals surface area contributed by atoms with Gasteiger partial charge in [0.15, 0.2) is 0 Å². The Labute approximate surface area is 92.7 Å². The van der Waals surface area contributed by atoms with Crippen LogP contribution in [0.4, 0.5) is 0 Å². The third-order valence-corrected chi connectivity index (χ3v) is 2.67. The summed E-state index contributed by atoms with van der Waals surface area (Å²) < 4.78 is 1.02. The zero-order valence-electron chi connectivity index (χ0n) is 7.99. The predicted molar refractivity (Wildman–Crippen MR) is 60.0 cm³/mol. The maximum absolute atomic E-state index is 9.74. The Kier molecular flexibility index (Phi) is 5.15. The second-order valence-electron chi connectivity index (χ2n) is 3.29. The minimum atomic E-state index is -0.408. The van der Waals surface area contributed by atoms with E-state index in [9.17, 15) is 5.11 Å². The van der Waals surface area contributed by atoms with Gasteiger partial charge >= 0.3 is 0 Å². The van der Waals surface area contributed by atoms with E-state index >= 15 is 0 Å². The van der Waals surface area contributed by atoms with Gasteiger partial charge in [-0.2, -0.15) is 0 Å². The van der Waals surface area contributed by atoms with Crippen LogP contribution in [0.5, 0.6) is 0 Å². The van der Waals surface area contributed by atoms with E-state index in [1.807, 2.05) is 24.3 Å². The fourth-order valence-electron chi connectivity index (χ4n) is 1.30. The first kappa shape index (κ1) is 11.7. The third kappa shape index (κ3) is 3.78. The zero-order valence-corrected chi connectivity index (χ0v) is 9.57. The molecular formula is C11H15BrO2. The van der Waals surface area contributed by atoms with Gasteiger partial charge in [-0.1, -0.05) is 28.1 Å². The van der Waals surface area contributed by atoms with E-state index in [-0.39, 0.29) is 6.61 Å². The molecule has 2 N–H and O–H groups in total. The molecule has 0 aromatic heterocycles. The third-order valence-electron chi connectivity index (χ3n) is 2.14. The van der Waals surface area contributed by atoms with Crippen molar-refractivity contribution in [2.24, 2.45) is 0 Å². The van der Waals surface area contributed by atoms with E-state index in [1.165, 1.54) is 0 Å². The molecule has 0 saturated heterocycles. The largest absolute Gasteiger partial charge is 0.396 e. The summed E-state index contributed by atoms with van der Waals surface area (Å²) in [7, 11) is 0. The van der Waals surface area contributed by atoms with Crippen LogP contribution >= 0.6 is 15.9 Å². The predicted octanol–water partition coefficient (Wildman–Crippen LogP) is 2.65. The summed E-state index contributed by atoms with van der Waals surface area (Å²) >= 11 is 3.34. The maximum atomic E-state index is 9.74. The van der Waals surface area contributed by atoms with Crippen LogP contribution < -0.4 is 0 Å².